The molecule has 1 unspecified atom stereocenters. The van der Waals surface area contributed by atoms with E-state index in [4.69, 9.17) is 4.74 Å². The van der Waals surface area contributed by atoms with E-state index in [9.17, 15) is 4.79 Å². The van der Waals surface area contributed by atoms with Gasteiger partial charge >= 0.3 is 6.03 Å². The molecule has 1 saturated heterocycles. The second kappa shape index (κ2) is 6.77. The number of anilines is 1. The molecule has 0 saturated carbocycles. The smallest absolute Gasteiger partial charge is 0.321 e. The number of nitrogens with zero attached hydrogens (tertiary/aromatic N) is 1. The van der Waals surface area contributed by atoms with E-state index < -0.39 is 0 Å². The van der Waals surface area contributed by atoms with Crippen LogP contribution in [0.2, 0.25) is 0 Å². The number of amides is 2. The number of carbonyl (C=O) groups is 1. The van der Waals surface area contributed by atoms with Crippen molar-refractivity contribution in [1.29, 1.82) is 0 Å². The van der Waals surface area contributed by atoms with Crippen LogP contribution in [0.1, 0.15) is 12.0 Å². The quantitative estimate of drug-likeness (QED) is 0.853. The van der Waals surface area contributed by atoms with Crippen LogP contribution >= 0.6 is 15.9 Å². The van der Waals surface area contributed by atoms with Gasteiger partial charge in [-0.15, -0.1) is 0 Å². The summed E-state index contributed by atoms with van der Waals surface area (Å²) >= 11 is 3.47. The fraction of sp³-hybridized carbons (Fsp3) is 0.533. The number of hydrogen-bond acceptors (Lipinski definition) is 3. The van der Waals surface area contributed by atoms with Gasteiger partial charge in [-0.25, -0.2) is 4.79 Å². The van der Waals surface area contributed by atoms with Gasteiger partial charge in [0.25, 0.3) is 0 Å². The highest BCUT2D eigenvalue weighted by molar-refractivity contribution is 9.10. The first-order valence-corrected chi connectivity index (χ1v) is 8.19. The van der Waals surface area contributed by atoms with E-state index >= 15 is 0 Å². The fourth-order valence-electron chi connectivity index (χ4n) is 2.76. The minimum absolute atomic E-state index is 0.0419. The molecule has 0 aliphatic carbocycles. The number of halogens is 1. The lowest BCUT2D eigenvalue weighted by Gasteiger charge is -2.21. The molecule has 114 valence electrons. The molecule has 5 nitrogen and oxygen atoms in total. The molecule has 2 N–H and O–H groups in total. The zero-order chi connectivity index (χ0) is 14.7. The lowest BCUT2D eigenvalue weighted by Crippen LogP contribution is -2.44. The largest absolute Gasteiger partial charge is 0.375 e. The number of benzene rings is 1. The van der Waals surface area contributed by atoms with Gasteiger partial charge in [0, 0.05) is 36.4 Å². The van der Waals surface area contributed by atoms with Gasteiger partial charge in [-0.05, 0) is 37.1 Å². The van der Waals surface area contributed by atoms with Gasteiger partial charge in [0.15, 0.2) is 0 Å². The van der Waals surface area contributed by atoms with Crippen LogP contribution in [0.4, 0.5) is 10.5 Å². The van der Waals surface area contributed by atoms with E-state index in [1.54, 1.807) is 0 Å². The number of hydrogen-bond donors (Lipinski definition) is 2. The summed E-state index contributed by atoms with van der Waals surface area (Å²) in [5.41, 5.74) is 2.22. The Morgan fingerprint density at radius 1 is 1.52 bits per heavy atom. The molecule has 3 rings (SSSR count). The van der Waals surface area contributed by atoms with Crippen LogP contribution in [-0.2, 0) is 11.2 Å². The number of carbonyl (C=O) groups excluding carboxylic acids is 1. The second-order valence-corrected chi connectivity index (χ2v) is 6.33. The molecule has 2 aliphatic rings. The van der Waals surface area contributed by atoms with Gasteiger partial charge in [-0.1, -0.05) is 22.0 Å². The predicted molar refractivity (Wildman–Crippen MR) is 85.8 cm³/mol. The van der Waals surface area contributed by atoms with Gasteiger partial charge in [0.05, 0.1) is 6.10 Å². The minimum Gasteiger partial charge on any atom is -0.375 e. The summed E-state index contributed by atoms with van der Waals surface area (Å²) in [6, 6.07) is 6.06. The van der Waals surface area contributed by atoms with Crippen molar-refractivity contribution in [2.45, 2.75) is 18.9 Å². The SMILES string of the molecule is O=C(NCC1CNCCCO1)N1CCc2ccc(Br)cc21. The van der Waals surface area contributed by atoms with Gasteiger partial charge in [-0.2, -0.15) is 0 Å². The van der Waals surface area contributed by atoms with Crippen LogP contribution in [-0.4, -0.2) is 44.9 Å². The Hall–Kier alpha value is -1.11. The molecule has 1 fully saturated rings. The highest BCUT2D eigenvalue weighted by Crippen LogP contribution is 2.30. The van der Waals surface area contributed by atoms with Crippen molar-refractivity contribution in [1.82, 2.24) is 10.6 Å². The third kappa shape index (κ3) is 3.56. The normalized spacial score (nSPS) is 21.8. The molecule has 6 heteroatoms. The summed E-state index contributed by atoms with van der Waals surface area (Å²) in [6.07, 6.45) is 2.00. The van der Waals surface area contributed by atoms with Crippen LogP contribution < -0.4 is 15.5 Å². The molecular weight excluding hydrogens is 334 g/mol. The highest BCUT2D eigenvalue weighted by Gasteiger charge is 2.25. The predicted octanol–water partition coefficient (Wildman–Crippen LogP) is 1.90. The Bertz CT molecular complexity index is 516. The number of nitrogens with one attached hydrogen (secondary N) is 2. The molecule has 2 amide bonds. The van der Waals surface area contributed by atoms with Crippen LogP contribution in [0.3, 0.4) is 0 Å². The first-order valence-electron chi connectivity index (χ1n) is 7.40. The number of ether oxygens (including phenoxy) is 1. The highest BCUT2D eigenvalue weighted by atomic mass is 79.9. The molecule has 0 radical (unpaired) electrons. The topological polar surface area (TPSA) is 53.6 Å². The first-order chi connectivity index (χ1) is 10.2. The first kappa shape index (κ1) is 14.8. The van der Waals surface area contributed by atoms with Crippen molar-refractivity contribution in [3.63, 3.8) is 0 Å². The average Bonchev–Trinajstić information content (AvgIpc) is 2.72. The molecule has 1 aromatic carbocycles. The van der Waals surface area contributed by atoms with E-state index in [0.717, 1.165) is 49.2 Å². The van der Waals surface area contributed by atoms with Crippen molar-refractivity contribution in [3.8, 4) is 0 Å². The van der Waals surface area contributed by atoms with E-state index in [-0.39, 0.29) is 12.1 Å². The van der Waals surface area contributed by atoms with E-state index in [0.29, 0.717) is 6.54 Å². The fourth-order valence-corrected chi connectivity index (χ4v) is 3.11. The van der Waals surface area contributed by atoms with Crippen molar-refractivity contribution in [3.05, 3.63) is 28.2 Å². The molecule has 2 heterocycles. The zero-order valence-electron chi connectivity index (χ0n) is 11.9. The van der Waals surface area contributed by atoms with Crippen molar-refractivity contribution in [2.24, 2.45) is 0 Å². The minimum atomic E-state index is -0.0419. The second-order valence-electron chi connectivity index (χ2n) is 5.41. The summed E-state index contributed by atoms with van der Waals surface area (Å²) in [5.74, 6) is 0. The molecule has 1 aromatic rings. The summed E-state index contributed by atoms with van der Waals surface area (Å²) in [7, 11) is 0. The maximum absolute atomic E-state index is 12.4. The summed E-state index contributed by atoms with van der Waals surface area (Å²) < 4.78 is 6.70. The average molecular weight is 354 g/mol. The Morgan fingerprint density at radius 2 is 2.43 bits per heavy atom. The molecule has 21 heavy (non-hydrogen) atoms. The third-order valence-corrected chi connectivity index (χ3v) is 4.39. The number of rotatable bonds is 2. The van der Waals surface area contributed by atoms with E-state index in [1.165, 1.54) is 5.56 Å². The lowest BCUT2D eigenvalue weighted by molar-refractivity contribution is 0.0687. The van der Waals surface area contributed by atoms with Gasteiger partial charge < -0.3 is 15.4 Å². The summed E-state index contributed by atoms with van der Waals surface area (Å²) in [5, 5.41) is 6.31. The standard InChI is InChI=1S/C15H20BrN3O2/c16-12-3-2-11-4-6-19(14(11)8-12)15(20)18-10-13-9-17-5-1-7-21-13/h2-3,8,13,17H,1,4-7,9-10H2,(H,18,20). The summed E-state index contributed by atoms with van der Waals surface area (Å²) in [4.78, 5) is 14.2. The Morgan fingerprint density at radius 3 is 3.33 bits per heavy atom. The molecule has 1 atom stereocenters. The Kier molecular flexibility index (Phi) is 4.77. The van der Waals surface area contributed by atoms with Crippen LogP contribution in [0.25, 0.3) is 0 Å². The molecule has 0 spiro atoms. The van der Waals surface area contributed by atoms with Crippen LogP contribution in [0.15, 0.2) is 22.7 Å². The third-order valence-electron chi connectivity index (χ3n) is 3.89. The van der Waals surface area contributed by atoms with Crippen molar-refractivity contribution < 1.29 is 9.53 Å². The number of fused-ring (bicyclic) bond motifs is 1. The summed E-state index contributed by atoms with van der Waals surface area (Å²) in [6.45, 7) is 3.82. The van der Waals surface area contributed by atoms with E-state index in [1.807, 2.05) is 17.0 Å². The Balaban J connectivity index is 1.58. The molecular formula is C15H20BrN3O2. The molecule has 0 aromatic heterocycles. The van der Waals surface area contributed by atoms with Crippen LogP contribution in [0.5, 0.6) is 0 Å². The van der Waals surface area contributed by atoms with Gasteiger partial charge in [0.2, 0.25) is 0 Å². The molecule has 0 bridgehead atoms. The zero-order valence-corrected chi connectivity index (χ0v) is 13.5. The lowest BCUT2D eigenvalue weighted by atomic mass is 10.2. The maximum atomic E-state index is 12.4. The van der Waals surface area contributed by atoms with Crippen molar-refractivity contribution >= 4 is 27.6 Å². The Labute approximate surface area is 133 Å². The van der Waals surface area contributed by atoms with Gasteiger partial charge in [0.1, 0.15) is 0 Å². The van der Waals surface area contributed by atoms with Gasteiger partial charge in [-0.3, -0.25) is 4.90 Å². The monoisotopic (exact) mass is 353 g/mol. The molecule has 2 aliphatic heterocycles. The van der Waals surface area contributed by atoms with Crippen LogP contribution in [0, 0.1) is 0 Å². The maximum Gasteiger partial charge on any atom is 0.321 e. The van der Waals surface area contributed by atoms with Crippen molar-refractivity contribution in [2.75, 3.05) is 37.7 Å². The number of urea groups is 1. The van der Waals surface area contributed by atoms with E-state index in [2.05, 4.69) is 32.6 Å².